The lowest BCUT2D eigenvalue weighted by atomic mass is 10.1. The normalized spacial score (nSPS) is 12.0. The molecule has 3 rings (SSSR count). The monoisotopic (exact) mass is 374 g/mol. The van der Waals surface area contributed by atoms with E-state index in [4.69, 9.17) is 11.6 Å². The highest BCUT2D eigenvalue weighted by Gasteiger charge is 2.13. The van der Waals surface area contributed by atoms with Gasteiger partial charge in [0.1, 0.15) is 0 Å². The van der Waals surface area contributed by atoms with Gasteiger partial charge in [-0.25, -0.2) is 4.98 Å². The first-order chi connectivity index (χ1) is 11.8. The fourth-order valence-corrected chi connectivity index (χ4v) is 3.37. The number of anilines is 2. The highest BCUT2D eigenvalue weighted by molar-refractivity contribution is 7.15. The molecule has 7 heteroatoms. The molecule has 0 radical (unpaired) electrons. The van der Waals surface area contributed by atoms with Gasteiger partial charge in [0.2, 0.25) is 5.91 Å². The predicted molar refractivity (Wildman–Crippen MR) is 106 cm³/mol. The number of para-hydroxylation sites is 2. The summed E-state index contributed by atoms with van der Waals surface area (Å²) in [6.07, 6.45) is 5.00. The van der Waals surface area contributed by atoms with Crippen LogP contribution in [-0.2, 0) is 4.79 Å². The van der Waals surface area contributed by atoms with Gasteiger partial charge in [-0.2, -0.15) is 0 Å². The Morgan fingerprint density at radius 1 is 1.28 bits per heavy atom. The van der Waals surface area contributed by atoms with Gasteiger partial charge in [-0.3, -0.25) is 9.20 Å². The fourth-order valence-electron chi connectivity index (χ4n) is 2.36. The maximum Gasteiger partial charge on any atom is 0.248 e. The molecule has 3 aromatic rings. The number of hydrogen-bond acceptors (Lipinski definition) is 4. The number of carbonyl (C=O) groups excluding carboxylic acids is 1. The van der Waals surface area contributed by atoms with E-state index in [1.165, 1.54) is 17.4 Å². The van der Waals surface area contributed by atoms with Gasteiger partial charge >= 0.3 is 0 Å². The topological polar surface area (TPSA) is 58.4 Å². The summed E-state index contributed by atoms with van der Waals surface area (Å²) in [6.45, 7) is 6.21. The molecule has 0 aliphatic rings. The van der Waals surface area contributed by atoms with E-state index in [1.54, 1.807) is 6.08 Å². The van der Waals surface area contributed by atoms with E-state index in [0.717, 1.165) is 16.3 Å². The van der Waals surface area contributed by atoms with Crippen molar-refractivity contribution >= 4 is 51.3 Å². The van der Waals surface area contributed by atoms with Crippen LogP contribution in [0.2, 0.25) is 5.15 Å². The second-order valence-electron chi connectivity index (χ2n) is 6.59. The average Bonchev–Trinajstić information content (AvgIpc) is 3.06. The molecule has 0 atom stereocenters. The van der Waals surface area contributed by atoms with Crippen molar-refractivity contribution < 1.29 is 4.79 Å². The van der Waals surface area contributed by atoms with Crippen molar-refractivity contribution in [1.29, 1.82) is 0 Å². The Labute approximate surface area is 155 Å². The average molecular weight is 375 g/mol. The Morgan fingerprint density at radius 3 is 2.72 bits per heavy atom. The van der Waals surface area contributed by atoms with Gasteiger partial charge in [0.25, 0.3) is 0 Å². The lowest BCUT2D eigenvalue weighted by molar-refractivity contribution is -0.111. The van der Waals surface area contributed by atoms with Crippen LogP contribution in [0.3, 0.4) is 0 Å². The van der Waals surface area contributed by atoms with Crippen LogP contribution < -0.4 is 10.6 Å². The molecule has 0 spiro atoms. The SMILES string of the molecule is CC(C)(C)Nc1ccccc1NC(=O)C=Cc1c(Cl)nc2sccn12. The number of rotatable bonds is 4. The smallest absolute Gasteiger partial charge is 0.248 e. The number of nitrogens with zero attached hydrogens (tertiary/aromatic N) is 2. The van der Waals surface area contributed by atoms with Crippen molar-refractivity contribution in [2.24, 2.45) is 0 Å². The van der Waals surface area contributed by atoms with Gasteiger partial charge in [-0.15, -0.1) is 11.3 Å². The van der Waals surface area contributed by atoms with Crippen LogP contribution in [0, 0.1) is 0 Å². The quantitative estimate of drug-likeness (QED) is 0.638. The minimum atomic E-state index is -0.232. The maximum atomic E-state index is 12.3. The zero-order valence-corrected chi connectivity index (χ0v) is 15.8. The number of amides is 1. The maximum absolute atomic E-state index is 12.3. The van der Waals surface area contributed by atoms with E-state index < -0.39 is 0 Å². The Bertz CT molecular complexity index is 936. The Kier molecular flexibility index (Phi) is 4.83. The number of hydrogen-bond donors (Lipinski definition) is 2. The molecule has 0 saturated heterocycles. The molecule has 2 N–H and O–H groups in total. The number of fused-ring (bicyclic) bond motifs is 1. The molecule has 130 valence electrons. The first-order valence-corrected chi connectivity index (χ1v) is 9.06. The Hall–Kier alpha value is -2.31. The molecule has 2 heterocycles. The van der Waals surface area contributed by atoms with Gasteiger partial charge in [0.15, 0.2) is 10.1 Å². The van der Waals surface area contributed by atoms with Crippen LogP contribution in [0.15, 0.2) is 41.9 Å². The van der Waals surface area contributed by atoms with Gasteiger partial charge in [0.05, 0.1) is 17.1 Å². The minimum Gasteiger partial charge on any atom is -0.379 e. The van der Waals surface area contributed by atoms with Crippen LogP contribution in [-0.4, -0.2) is 20.8 Å². The number of nitrogens with one attached hydrogen (secondary N) is 2. The molecule has 0 fully saturated rings. The first kappa shape index (κ1) is 17.5. The predicted octanol–water partition coefficient (Wildman–Crippen LogP) is 4.91. The van der Waals surface area contributed by atoms with E-state index >= 15 is 0 Å². The van der Waals surface area contributed by atoms with Gasteiger partial charge < -0.3 is 10.6 Å². The second-order valence-corrected chi connectivity index (χ2v) is 7.82. The zero-order valence-electron chi connectivity index (χ0n) is 14.2. The molecule has 0 saturated carbocycles. The number of halogens is 1. The third-order valence-electron chi connectivity index (χ3n) is 3.34. The van der Waals surface area contributed by atoms with Crippen LogP contribution >= 0.6 is 22.9 Å². The summed E-state index contributed by atoms with van der Waals surface area (Å²) in [5, 5.41) is 8.58. The third kappa shape index (κ3) is 4.21. The lowest BCUT2D eigenvalue weighted by Gasteiger charge is -2.24. The van der Waals surface area contributed by atoms with Crippen LogP contribution in [0.5, 0.6) is 0 Å². The fraction of sp³-hybridized carbons (Fsp3) is 0.222. The third-order valence-corrected chi connectivity index (χ3v) is 4.38. The molecule has 2 aromatic heterocycles. The summed E-state index contributed by atoms with van der Waals surface area (Å²) in [7, 11) is 0. The zero-order chi connectivity index (χ0) is 18.0. The second kappa shape index (κ2) is 6.90. The van der Waals surface area contributed by atoms with Crippen molar-refractivity contribution in [3.8, 4) is 0 Å². The molecule has 0 aliphatic carbocycles. The summed E-state index contributed by atoms with van der Waals surface area (Å²) in [6, 6.07) is 7.62. The summed E-state index contributed by atoms with van der Waals surface area (Å²) >= 11 is 7.62. The molecular formula is C18H19ClN4OS. The van der Waals surface area contributed by atoms with Gasteiger partial charge in [-0.05, 0) is 39.0 Å². The van der Waals surface area contributed by atoms with Crippen LogP contribution in [0.4, 0.5) is 11.4 Å². The van der Waals surface area contributed by atoms with Crippen molar-refractivity contribution in [3.05, 3.63) is 52.8 Å². The molecule has 0 bridgehead atoms. The highest BCUT2D eigenvalue weighted by Crippen LogP contribution is 2.25. The first-order valence-electron chi connectivity index (χ1n) is 7.81. The number of benzene rings is 1. The molecule has 0 unspecified atom stereocenters. The van der Waals surface area contributed by atoms with E-state index in [2.05, 4.69) is 36.4 Å². The summed E-state index contributed by atoms with van der Waals surface area (Å²) < 4.78 is 1.85. The van der Waals surface area contributed by atoms with Crippen molar-refractivity contribution in [1.82, 2.24) is 9.38 Å². The van der Waals surface area contributed by atoms with E-state index in [0.29, 0.717) is 10.8 Å². The number of aromatic nitrogens is 2. The van der Waals surface area contributed by atoms with E-state index in [1.807, 2.05) is 40.2 Å². The van der Waals surface area contributed by atoms with Crippen molar-refractivity contribution in [2.45, 2.75) is 26.3 Å². The standard InChI is InChI=1S/C18H19ClN4OS/c1-18(2,3)22-13-7-5-4-6-12(13)20-15(24)9-8-14-16(19)21-17-23(14)10-11-25-17/h4-11,22H,1-3H3,(H,20,24). The molecule has 1 amide bonds. The summed E-state index contributed by atoms with van der Waals surface area (Å²) in [5.74, 6) is -0.232. The summed E-state index contributed by atoms with van der Waals surface area (Å²) in [4.78, 5) is 17.4. The number of imidazole rings is 1. The van der Waals surface area contributed by atoms with Crippen LogP contribution in [0.25, 0.3) is 11.0 Å². The molecule has 0 aliphatic heterocycles. The molecule has 5 nitrogen and oxygen atoms in total. The van der Waals surface area contributed by atoms with E-state index in [-0.39, 0.29) is 11.4 Å². The highest BCUT2D eigenvalue weighted by atomic mass is 35.5. The van der Waals surface area contributed by atoms with Crippen molar-refractivity contribution in [3.63, 3.8) is 0 Å². The Morgan fingerprint density at radius 2 is 2.00 bits per heavy atom. The largest absolute Gasteiger partial charge is 0.379 e. The van der Waals surface area contributed by atoms with Gasteiger partial charge in [-0.1, -0.05) is 23.7 Å². The molecule has 25 heavy (non-hydrogen) atoms. The number of thiazole rings is 1. The van der Waals surface area contributed by atoms with E-state index in [9.17, 15) is 4.79 Å². The summed E-state index contributed by atoms with van der Waals surface area (Å²) in [5.41, 5.74) is 2.19. The minimum absolute atomic E-state index is 0.105. The lowest BCUT2D eigenvalue weighted by Crippen LogP contribution is -2.27. The van der Waals surface area contributed by atoms with Crippen molar-refractivity contribution in [2.75, 3.05) is 10.6 Å². The van der Waals surface area contributed by atoms with Gasteiger partial charge in [0, 0.05) is 23.2 Å². The Balaban J connectivity index is 1.77. The number of carbonyl (C=O) groups is 1. The van der Waals surface area contributed by atoms with Crippen LogP contribution in [0.1, 0.15) is 26.5 Å². The molecular weight excluding hydrogens is 356 g/mol. The molecule has 1 aromatic carbocycles.